The van der Waals surface area contributed by atoms with Crippen molar-refractivity contribution in [3.63, 3.8) is 0 Å². The first-order chi connectivity index (χ1) is 33.0. The number of amides is 1. The van der Waals surface area contributed by atoms with E-state index in [4.69, 9.17) is 38.7 Å². The van der Waals surface area contributed by atoms with Crippen LogP contribution < -0.4 is 0 Å². The average Bonchev–Trinajstić information content (AvgIpc) is 3.64. The molecule has 6 rings (SSSR count). The summed E-state index contributed by atoms with van der Waals surface area (Å²) in [5.74, 6) is 0. The van der Waals surface area contributed by atoms with Crippen LogP contribution in [0.5, 0.6) is 0 Å². The lowest BCUT2D eigenvalue weighted by molar-refractivity contribution is -0.296. The molecule has 4 fully saturated rings. The summed E-state index contributed by atoms with van der Waals surface area (Å²) < 4.78 is 41.8. The van der Waals surface area contributed by atoms with Crippen molar-refractivity contribution in [2.45, 2.75) is 136 Å². The summed E-state index contributed by atoms with van der Waals surface area (Å²) in [7, 11) is 0. The molecule has 0 aromatic heterocycles. The second kappa shape index (κ2) is 24.7. The molecular formula is C38H48N16O14. The largest absolute Gasteiger partial charge is 0.445 e. The van der Waals surface area contributed by atoms with Crippen molar-refractivity contribution in [2.75, 3.05) is 19.7 Å². The molecule has 2 aromatic carbocycles. The molecule has 3 heterocycles. The number of carbonyl (C=O) groups is 1. The molecule has 0 spiro atoms. The number of carbonyl (C=O) groups excluding carboxylic acids is 1. The van der Waals surface area contributed by atoms with Gasteiger partial charge in [-0.1, -0.05) is 86.2 Å². The highest BCUT2D eigenvalue weighted by Gasteiger charge is 2.57. The van der Waals surface area contributed by atoms with Crippen molar-refractivity contribution in [1.82, 2.24) is 4.90 Å². The Balaban J connectivity index is 1.27. The molecule has 0 bridgehead atoms. The fraction of sp³-hybridized carbons (Fsp3) is 0.658. The van der Waals surface area contributed by atoms with E-state index in [9.17, 15) is 57.6 Å². The molecule has 1 amide bonds. The first-order valence-corrected chi connectivity index (χ1v) is 21.1. The Kier molecular flexibility index (Phi) is 18.6. The van der Waals surface area contributed by atoms with Crippen molar-refractivity contribution in [1.29, 1.82) is 0 Å². The highest BCUT2D eigenvalue weighted by Crippen LogP contribution is 2.38. The number of ether oxygens (including phenoxy) is 7. The number of rotatable bonds is 19. The zero-order valence-corrected chi connectivity index (χ0v) is 35.7. The van der Waals surface area contributed by atoms with Crippen LogP contribution in [0.3, 0.4) is 0 Å². The van der Waals surface area contributed by atoms with E-state index in [1.54, 1.807) is 36.4 Å². The molecule has 3 aliphatic heterocycles. The molecule has 30 nitrogen and oxygen atoms in total. The van der Waals surface area contributed by atoms with Crippen molar-refractivity contribution < 1.29 is 68.6 Å². The molecule has 2 aromatic rings. The third-order valence-electron chi connectivity index (χ3n) is 11.7. The topological polar surface area (TPSA) is 450 Å². The van der Waals surface area contributed by atoms with E-state index in [0.717, 1.165) is 11.1 Å². The zero-order valence-electron chi connectivity index (χ0n) is 35.7. The number of azide groups is 5. The second-order valence-electron chi connectivity index (χ2n) is 15.9. The fourth-order valence-corrected chi connectivity index (χ4v) is 8.30. The van der Waals surface area contributed by atoms with Crippen molar-refractivity contribution in [3.05, 3.63) is 124 Å². The lowest BCUT2D eigenvalue weighted by Gasteiger charge is -2.47. The van der Waals surface area contributed by atoms with Gasteiger partial charge >= 0.3 is 6.09 Å². The smallest absolute Gasteiger partial charge is 0.410 e. The molecule has 18 atom stereocenters. The molecule has 3 saturated heterocycles. The zero-order chi connectivity index (χ0) is 48.7. The molecule has 6 N–H and O–H groups in total. The van der Waals surface area contributed by atoms with Crippen LogP contribution >= 0.6 is 0 Å². The van der Waals surface area contributed by atoms with Crippen LogP contribution in [0.25, 0.3) is 52.2 Å². The van der Waals surface area contributed by atoms with Crippen molar-refractivity contribution >= 4 is 6.09 Å². The van der Waals surface area contributed by atoms with Crippen LogP contribution in [0, 0.1) is 0 Å². The van der Waals surface area contributed by atoms with Gasteiger partial charge < -0.3 is 68.7 Å². The second-order valence-corrected chi connectivity index (χ2v) is 15.9. The van der Waals surface area contributed by atoms with Gasteiger partial charge in [-0.25, -0.2) is 4.79 Å². The third-order valence-corrected chi connectivity index (χ3v) is 11.7. The first kappa shape index (κ1) is 51.2. The van der Waals surface area contributed by atoms with E-state index in [2.05, 4.69) is 50.1 Å². The van der Waals surface area contributed by atoms with Crippen molar-refractivity contribution in [2.24, 2.45) is 25.6 Å². The van der Waals surface area contributed by atoms with Gasteiger partial charge in [0.2, 0.25) is 0 Å². The summed E-state index contributed by atoms with van der Waals surface area (Å²) in [5, 5.41) is 84.2. The number of nitrogens with zero attached hydrogens (tertiary/aromatic N) is 16. The monoisotopic (exact) mass is 952 g/mol. The summed E-state index contributed by atoms with van der Waals surface area (Å²) in [6.45, 7) is -1.41. The maximum Gasteiger partial charge on any atom is 0.410 e. The molecule has 4 aliphatic rings. The maximum atomic E-state index is 13.6. The third kappa shape index (κ3) is 12.3. The van der Waals surface area contributed by atoms with Gasteiger partial charge in [0.1, 0.15) is 49.3 Å². The van der Waals surface area contributed by atoms with Gasteiger partial charge in [-0.3, -0.25) is 0 Å². The summed E-state index contributed by atoms with van der Waals surface area (Å²) in [5.41, 5.74) is 48.1. The van der Waals surface area contributed by atoms with Gasteiger partial charge in [0.05, 0.1) is 68.3 Å². The highest BCUT2D eigenvalue weighted by atomic mass is 16.8. The Morgan fingerprint density at radius 1 is 0.618 bits per heavy atom. The Labute approximate surface area is 384 Å². The van der Waals surface area contributed by atoms with Gasteiger partial charge in [-0.05, 0) is 51.6 Å². The van der Waals surface area contributed by atoms with E-state index in [1.807, 2.05) is 24.3 Å². The molecule has 0 radical (unpaired) electrons. The predicted octanol–water partition coefficient (Wildman–Crippen LogP) is 2.77. The number of hydrogen-bond acceptors (Lipinski definition) is 19. The Morgan fingerprint density at radius 2 is 1.22 bits per heavy atom. The van der Waals surface area contributed by atoms with Crippen LogP contribution in [-0.2, 0) is 46.3 Å². The van der Waals surface area contributed by atoms with Gasteiger partial charge in [-0.2, -0.15) is 0 Å². The van der Waals surface area contributed by atoms with E-state index in [-0.39, 0.29) is 32.5 Å². The van der Waals surface area contributed by atoms with E-state index in [1.165, 1.54) is 4.90 Å². The normalized spacial score (nSPS) is 35.4. The molecule has 68 heavy (non-hydrogen) atoms. The lowest BCUT2D eigenvalue weighted by atomic mass is 9.81. The summed E-state index contributed by atoms with van der Waals surface area (Å²) in [6.07, 6.45) is -24.2. The first-order valence-electron chi connectivity index (χ1n) is 21.1. The van der Waals surface area contributed by atoms with E-state index < -0.39 is 129 Å². The van der Waals surface area contributed by atoms with Crippen LogP contribution in [0.1, 0.15) is 24.0 Å². The van der Waals surface area contributed by atoms with Gasteiger partial charge in [0.15, 0.2) is 18.9 Å². The van der Waals surface area contributed by atoms with Crippen LogP contribution in [0.2, 0.25) is 0 Å². The number of hydrogen-bond donors (Lipinski definition) is 6. The van der Waals surface area contributed by atoms with Crippen LogP contribution in [-0.4, -0.2) is 172 Å². The highest BCUT2D eigenvalue weighted by molar-refractivity contribution is 5.67. The summed E-state index contributed by atoms with van der Waals surface area (Å²) in [6, 6.07) is 11.7. The fourth-order valence-electron chi connectivity index (χ4n) is 8.30. The molecular weight excluding hydrogens is 905 g/mol. The molecule has 1 unspecified atom stereocenters. The molecule has 1 saturated carbocycles. The molecule has 30 heteroatoms. The number of aliphatic hydroxyl groups is 6. The van der Waals surface area contributed by atoms with E-state index >= 15 is 0 Å². The Morgan fingerprint density at radius 3 is 1.87 bits per heavy atom. The Bertz CT molecular complexity index is 2230. The molecule has 1 aliphatic carbocycles. The van der Waals surface area contributed by atoms with Crippen molar-refractivity contribution in [3.8, 4) is 0 Å². The standard InChI is InChI=1S/C38H48N16O14/c39-49-44-13-22-27(56)29(58)26(48-53-43)36(64-22)66-32-23(16-55)65-37(31(32)60)68-34-30(59)24(46-51-41)28(57)25(47-52-42)33(34)67-35-21(45-50-40)12-11-20(63-35)15-54(14-18-7-3-1-4-8-18)38(61)62-17-19-9-5-2-6-10-19/h1-10,20-37,55-60H,11-17H2/t20-,21+,22-,23+,24?,25-,26+,27+,28+,29+,30-,31+,32+,33+,34+,35+,36+,37-/m0/s1. The predicted molar refractivity (Wildman–Crippen MR) is 226 cm³/mol. The SMILES string of the molecule is [N-]=[N+]=NC[C@@H]1O[C@H](O[C@H]2[C@@H](O)[C@H](O[C@H]3[C@H](O[C@H]4O[C@H](CN(Cc5ccccc5)C(=O)OCc5ccccc5)CC[C@H]4N=[N+]=[N-])[C@@H](N=[N+]=[N-])[C@H](O)C(N=[N+]=[N-])[C@@H]3O)O[C@@H]2CO)[C@H](N=[N+]=[N-])[C@@H](O)[C@@H]1O. The summed E-state index contributed by atoms with van der Waals surface area (Å²) >= 11 is 0. The summed E-state index contributed by atoms with van der Waals surface area (Å²) in [4.78, 5) is 28.7. The molecule has 364 valence electrons. The van der Waals surface area contributed by atoms with E-state index in [0.29, 0.717) is 0 Å². The number of benzene rings is 2. The minimum atomic E-state index is -2.04. The van der Waals surface area contributed by atoms with Gasteiger partial charge in [0.25, 0.3) is 0 Å². The minimum Gasteiger partial charge on any atom is -0.445 e. The van der Waals surface area contributed by atoms with Gasteiger partial charge in [-0.15, -0.1) is 0 Å². The van der Waals surface area contributed by atoms with Gasteiger partial charge in [0, 0.05) is 31.1 Å². The van der Waals surface area contributed by atoms with Crippen LogP contribution in [0.15, 0.2) is 86.2 Å². The average molecular weight is 953 g/mol. The number of aliphatic hydroxyl groups excluding tert-OH is 6. The maximum absolute atomic E-state index is 13.6. The van der Waals surface area contributed by atoms with Crippen LogP contribution in [0.4, 0.5) is 4.79 Å². The quantitative estimate of drug-likeness (QED) is 0.0670. The Hall–Kier alpha value is -6.22. The minimum absolute atomic E-state index is 0.0326. The lowest BCUT2D eigenvalue weighted by Crippen LogP contribution is -2.66.